The van der Waals surface area contributed by atoms with E-state index >= 15 is 0 Å². The molecule has 1 unspecified atom stereocenters. The summed E-state index contributed by atoms with van der Waals surface area (Å²) in [6.45, 7) is 4.33. The molecule has 5 heteroatoms. The van der Waals surface area contributed by atoms with Crippen LogP contribution in [0.15, 0.2) is 23.1 Å². The van der Waals surface area contributed by atoms with E-state index in [1.165, 1.54) is 0 Å². The Morgan fingerprint density at radius 3 is 3.00 bits per heavy atom. The normalized spacial score (nSPS) is 23.9. The van der Waals surface area contributed by atoms with Crippen LogP contribution in [0.25, 0.3) is 0 Å². The van der Waals surface area contributed by atoms with E-state index in [0.29, 0.717) is 23.9 Å². The highest BCUT2D eigenvalue weighted by Gasteiger charge is 2.29. The lowest BCUT2D eigenvalue weighted by Crippen LogP contribution is -2.39. The Labute approximate surface area is 114 Å². The minimum Gasteiger partial charge on any atom is -0.384 e. The Bertz CT molecular complexity index is 583. The standard InChI is InChI=1S/C14H20N2O2S/c1-11-3-2-8-16(10-11)19(17,18)13-4-5-14-12(9-13)6-7-15-14/h4-5,9,11,15H,2-3,6-8,10H2,1H3. The van der Waals surface area contributed by atoms with E-state index in [0.717, 1.165) is 37.1 Å². The first-order valence-electron chi connectivity index (χ1n) is 6.94. The molecule has 4 nitrogen and oxygen atoms in total. The molecule has 1 N–H and O–H groups in total. The van der Waals surface area contributed by atoms with Crippen LogP contribution in [-0.4, -0.2) is 32.4 Å². The van der Waals surface area contributed by atoms with E-state index in [9.17, 15) is 8.42 Å². The van der Waals surface area contributed by atoms with E-state index in [1.54, 1.807) is 10.4 Å². The average Bonchev–Trinajstić information content (AvgIpc) is 2.85. The molecule has 1 saturated heterocycles. The van der Waals surface area contributed by atoms with Gasteiger partial charge in [-0.3, -0.25) is 0 Å². The van der Waals surface area contributed by atoms with Gasteiger partial charge in [0.2, 0.25) is 10.0 Å². The molecule has 1 fully saturated rings. The molecule has 0 amide bonds. The van der Waals surface area contributed by atoms with Gasteiger partial charge < -0.3 is 5.32 Å². The molecule has 0 radical (unpaired) electrons. The number of hydrogen-bond donors (Lipinski definition) is 1. The van der Waals surface area contributed by atoms with Crippen LogP contribution >= 0.6 is 0 Å². The summed E-state index contributed by atoms with van der Waals surface area (Å²) in [6, 6.07) is 5.46. The summed E-state index contributed by atoms with van der Waals surface area (Å²) in [5.74, 6) is 0.458. The molecule has 0 bridgehead atoms. The van der Waals surface area contributed by atoms with Crippen LogP contribution in [0.3, 0.4) is 0 Å². The minimum absolute atomic E-state index is 0.448. The number of nitrogens with one attached hydrogen (secondary N) is 1. The number of piperidine rings is 1. The first-order valence-corrected chi connectivity index (χ1v) is 8.38. The van der Waals surface area contributed by atoms with Gasteiger partial charge in [0.05, 0.1) is 4.90 Å². The molecule has 19 heavy (non-hydrogen) atoms. The van der Waals surface area contributed by atoms with Crippen LogP contribution in [0.4, 0.5) is 5.69 Å². The number of benzene rings is 1. The molecule has 0 aliphatic carbocycles. The summed E-state index contributed by atoms with van der Waals surface area (Å²) >= 11 is 0. The second-order valence-corrected chi connectivity index (χ2v) is 7.54. The second kappa shape index (κ2) is 4.80. The zero-order chi connectivity index (χ0) is 13.5. The Morgan fingerprint density at radius 1 is 1.37 bits per heavy atom. The van der Waals surface area contributed by atoms with Crippen molar-refractivity contribution in [2.75, 3.05) is 25.0 Å². The van der Waals surface area contributed by atoms with Gasteiger partial charge in [-0.2, -0.15) is 4.31 Å². The molecule has 0 aromatic heterocycles. The highest BCUT2D eigenvalue weighted by atomic mass is 32.2. The first kappa shape index (κ1) is 12.9. The zero-order valence-electron chi connectivity index (χ0n) is 11.2. The summed E-state index contributed by atoms with van der Waals surface area (Å²) in [5, 5.41) is 3.26. The van der Waals surface area contributed by atoms with Gasteiger partial charge >= 0.3 is 0 Å². The first-order chi connectivity index (χ1) is 9.07. The van der Waals surface area contributed by atoms with Gasteiger partial charge in [-0.05, 0) is 48.9 Å². The third-order valence-electron chi connectivity index (χ3n) is 4.04. The SMILES string of the molecule is CC1CCCN(S(=O)(=O)c2ccc3c(c2)CCN3)C1. The van der Waals surface area contributed by atoms with Crippen LogP contribution in [0.2, 0.25) is 0 Å². The van der Waals surface area contributed by atoms with E-state index in [1.807, 2.05) is 12.1 Å². The Hall–Kier alpha value is -1.07. The summed E-state index contributed by atoms with van der Waals surface area (Å²) in [4.78, 5) is 0.448. The van der Waals surface area contributed by atoms with Crippen molar-refractivity contribution in [3.8, 4) is 0 Å². The predicted molar refractivity (Wildman–Crippen MR) is 75.8 cm³/mol. The average molecular weight is 280 g/mol. The fraction of sp³-hybridized carbons (Fsp3) is 0.571. The predicted octanol–water partition coefficient (Wildman–Crippen LogP) is 2.08. The minimum atomic E-state index is -3.31. The zero-order valence-corrected chi connectivity index (χ0v) is 12.0. The fourth-order valence-corrected chi connectivity index (χ4v) is 4.60. The van der Waals surface area contributed by atoms with Gasteiger partial charge in [-0.25, -0.2) is 8.42 Å². The Morgan fingerprint density at radius 2 is 2.21 bits per heavy atom. The summed E-state index contributed by atoms with van der Waals surface area (Å²) in [5.41, 5.74) is 2.19. The third-order valence-corrected chi connectivity index (χ3v) is 5.91. The van der Waals surface area contributed by atoms with Gasteiger partial charge in [-0.1, -0.05) is 6.92 Å². The smallest absolute Gasteiger partial charge is 0.243 e. The van der Waals surface area contributed by atoms with Crippen molar-refractivity contribution in [1.82, 2.24) is 4.31 Å². The van der Waals surface area contributed by atoms with Crippen molar-refractivity contribution in [2.24, 2.45) is 5.92 Å². The lowest BCUT2D eigenvalue weighted by molar-refractivity contribution is 0.281. The lowest BCUT2D eigenvalue weighted by Gasteiger charge is -2.30. The summed E-state index contributed by atoms with van der Waals surface area (Å²) in [7, 11) is -3.31. The largest absolute Gasteiger partial charge is 0.384 e. The van der Waals surface area contributed by atoms with Crippen LogP contribution in [0.5, 0.6) is 0 Å². The second-order valence-electron chi connectivity index (χ2n) is 5.61. The van der Waals surface area contributed by atoms with E-state index in [4.69, 9.17) is 0 Å². The van der Waals surface area contributed by atoms with Crippen molar-refractivity contribution >= 4 is 15.7 Å². The molecule has 1 aromatic rings. The Balaban J connectivity index is 1.91. The van der Waals surface area contributed by atoms with E-state index < -0.39 is 10.0 Å². The van der Waals surface area contributed by atoms with Crippen LogP contribution in [0.1, 0.15) is 25.3 Å². The molecule has 2 aliphatic heterocycles. The monoisotopic (exact) mass is 280 g/mol. The fourth-order valence-electron chi connectivity index (χ4n) is 2.96. The molecule has 104 valence electrons. The van der Waals surface area contributed by atoms with Gasteiger partial charge in [0.15, 0.2) is 0 Å². The van der Waals surface area contributed by atoms with Crippen LogP contribution < -0.4 is 5.32 Å². The van der Waals surface area contributed by atoms with Gasteiger partial charge in [0, 0.05) is 25.3 Å². The topological polar surface area (TPSA) is 49.4 Å². The number of hydrogen-bond acceptors (Lipinski definition) is 3. The molecule has 3 rings (SSSR count). The molecule has 2 heterocycles. The molecule has 1 aromatic carbocycles. The number of sulfonamides is 1. The van der Waals surface area contributed by atoms with Gasteiger partial charge in [0.1, 0.15) is 0 Å². The summed E-state index contributed by atoms with van der Waals surface area (Å²) < 4.78 is 26.9. The molecular weight excluding hydrogens is 260 g/mol. The number of anilines is 1. The molecule has 0 spiro atoms. The maximum atomic E-state index is 12.6. The van der Waals surface area contributed by atoms with E-state index in [2.05, 4.69) is 12.2 Å². The number of rotatable bonds is 2. The highest BCUT2D eigenvalue weighted by molar-refractivity contribution is 7.89. The summed E-state index contributed by atoms with van der Waals surface area (Å²) in [6.07, 6.45) is 3.00. The van der Waals surface area contributed by atoms with Crippen molar-refractivity contribution in [3.05, 3.63) is 23.8 Å². The lowest BCUT2D eigenvalue weighted by atomic mass is 10.0. The molecule has 0 saturated carbocycles. The quantitative estimate of drug-likeness (QED) is 0.902. The molecule has 2 aliphatic rings. The molecule has 1 atom stereocenters. The van der Waals surface area contributed by atoms with Crippen molar-refractivity contribution in [2.45, 2.75) is 31.1 Å². The van der Waals surface area contributed by atoms with E-state index in [-0.39, 0.29) is 0 Å². The van der Waals surface area contributed by atoms with Crippen molar-refractivity contribution < 1.29 is 8.42 Å². The maximum absolute atomic E-state index is 12.6. The van der Waals surface area contributed by atoms with Crippen LogP contribution in [-0.2, 0) is 16.4 Å². The Kier molecular flexibility index (Phi) is 3.27. The van der Waals surface area contributed by atoms with Crippen molar-refractivity contribution in [1.29, 1.82) is 0 Å². The third kappa shape index (κ3) is 2.37. The van der Waals surface area contributed by atoms with Crippen LogP contribution in [0, 0.1) is 5.92 Å². The number of nitrogens with zero attached hydrogens (tertiary/aromatic N) is 1. The van der Waals surface area contributed by atoms with Gasteiger partial charge in [-0.15, -0.1) is 0 Å². The molecular formula is C14H20N2O2S. The maximum Gasteiger partial charge on any atom is 0.243 e. The highest BCUT2D eigenvalue weighted by Crippen LogP contribution is 2.28. The number of fused-ring (bicyclic) bond motifs is 1. The van der Waals surface area contributed by atoms with Crippen molar-refractivity contribution in [3.63, 3.8) is 0 Å². The van der Waals surface area contributed by atoms with Gasteiger partial charge in [0.25, 0.3) is 0 Å².